The highest BCUT2D eigenvalue weighted by atomic mass is 35.5. The van der Waals surface area contributed by atoms with E-state index in [4.69, 9.17) is 5.73 Å². The van der Waals surface area contributed by atoms with E-state index in [1.165, 1.54) is 0 Å². The lowest BCUT2D eigenvalue weighted by atomic mass is 9.74. The van der Waals surface area contributed by atoms with Crippen LogP contribution in [0.25, 0.3) is 0 Å². The van der Waals surface area contributed by atoms with Gasteiger partial charge in [0.1, 0.15) is 0 Å². The van der Waals surface area contributed by atoms with E-state index in [1.807, 2.05) is 18.2 Å². The van der Waals surface area contributed by atoms with Gasteiger partial charge in [-0.1, -0.05) is 44.2 Å². The van der Waals surface area contributed by atoms with Crippen molar-refractivity contribution in [2.24, 2.45) is 11.7 Å². The molecular formula is C18H29ClN2O. The van der Waals surface area contributed by atoms with Crippen LogP contribution in [0, 0.1) is 5.92 Å². The number of nitrogens with zero attached hydrogens (tertiary/aromatic N) is 1. The number of nitrogens with two attached hydrogens (primary N) is 1. The Labute approximate surface area is 140 Å². The first-order chi connectivity index (χ1) is 10.1. The smallest absolute Gasteiger partial charge is 0.233 e. The van der Waals surface area contributed by atoms with Crippen LogP contribution in [-0.2, 0) is 10.2 Å². The fourth-order valence-electron chi connectivity index (χ4n) is 3.71. The number of benzene rings is 1. The van der Waals surface area contributed by atoms with E-state index in [9.17, 15) is 4.79 Å². The van der Waals surface area contributed by atoms with Gasteiger partial charge in [0.25, 0.3) is 0 Å². The average Bonchev–Trinajstić information content (AvgIpc) is 2.91. The number of amides is 1. The molecule has 1 aromatic carbocycles. The summed E-state index contributed by atoms with van der Waals surface area (Å²) >= 11 is 0. The van der Waals surface area contributed by atoms with Crippen LogP contribution in [0.15, 0.2) is 30.3 Å². The second kappa shape index (κ2) is 7.98. The molecule has 2 atom stereocenters. The Hall–Kier alpha value is -1.06. The van der Waals surface area contributed by atoms with Gasteiger partial charge in [-0.2, -0.15) is 0 Å². The molecule has 1 aliphatic heterocycles. The third-order valence-corrected chi connectivity index (χ3v) is 5.20. The summed E-state index contributed by atoms with van der Waals surface area (Å²) in [5, 5.41) is 0. The lowest BCUT2D eigenvalue weighted by Crippen LogP contribution is -2.48. The third-order valence-electron chi connectivity index (χ3n) is 5.20. The van der Waals surface area contributed by atoms with Gasteiger partial charge in [0, 0.05) is 12.6 Å². The highest BCUT2D eigenvalue weighted by Crippen LogP contribution is 2.36. The molecule has 1 saturated heterocycles. The summed E-state index contributed by atoms with van der Waals surface area (Å²) in [4.78, 5) is 15.4. The molecule has 0 aliphatic carbocycles. The van der Waals surface area contributed by atoms with Crippen LogP contribution in [0.3, 0.4) is 0 Å². The maximum absolute atomic E-state index is 13.3. The molecule has 0 radical (unpaired) electrons. The zero-order valence-corrected chi connectivity index (χ0v) is 14.7. The number of carbonyl (C=O) groups is 1. The summed E-state index contributed by atoms with van der Waals surface area (Å²) in [6.07, 6.45) is 2.70. The van der Waals surface area contributed by atoms with Crippen LogP contribution in [0.2, 0.25) is 0 Å². The number of hydrogen-bond acceptors (Lipinski definition) is 2. The molecule has 4 heteroatoms. The highest BCUT2D eigenvalue weighted by Gasteiger charge is 2.43. The van der Waals surface area contributed by atoms with Crippen molar-refractivity contribution in [2.45, 2.75) is 51.5 Å². The molecule has 2 N–H and O–H groups in total. The minimum absolute atomic E-state index is 0. The first-order valence-electron chi connectivity index (χ1n) is 8.15. The molecule has 0 spiro atoms. The van der Waals surface area contributed by atoms with Crippen molar-refractivity contribution in [3.8, 4) is 0 Å². The molecule has 1 fully saturated rings. The Morgan fingerprint density at radius 1 is 1.27 bits per heavy atom. The van der Waals surface area contributed by atoms with Crippen molar-refractivity contribution >= 4 is 18.3 Å². The molecule has 124 valence electrons. The van der Waals surface area contributed by atoms with Gasteiger partial charge in [0.15, 0.2) is 0 Å². The van der Waals surface area contributed by atoms with E-state index >= 15 is 0 Å². The molecule has 1 amide bonds. The minimum Gasteiger partial charge on any atom is -0.339 e. The Bertz CT molecular complexity index is 473. The van der Waals surface area contributed by atoms with E-state index in [1.54, 1.807) is 0 Å². The maximum Gasteiger partial charge on any atom is 0.233 e. The zero-order chi connectivity index (χ0) is 15.5. The Morgan fingerprint density at radius 3 is 2.32 bits per heavy atom. The average molecular weight is 325 g/mol. The lowest BCUT2D eigenvalue weighted by molar-refractivity contribution is -0.138. The first-order valence-corrected chi connectivity index (χ1v) is 8.15. The maximum atomic E-state index is 13.3. The fourth-order valence-corrected chi connectivity index (χ4v) is 3.71. The van der Waals surface area contributed by atoms with E-state index in [-0.39, 0.29) is 23.7 Å². The van der Waals surface area contributed by atoms with Crippen LogP contribution in [0.4, 0.5) is 0 Å². The Balaban J connectivity index is 0.00000242. The second-order valence-corrected chi connectivity index (χ2v) is 6.30. The molecule has 0 aromatic heterocycles. The van der Waals surface area contributed by atoms with Crippen molar-refractivity contribution in [1.82, 2.24) is 4.90 Å². The number of likely N-dealkylation sites (tertiary alicyclic amines) is 1. The minimum atomic E-state index is -0.390. The summed E-state index contributed by atoms with van der Waals surface area (Å²) in [5.41, 5.74) is 6.56. The predicted octanol–water partition coefficient (Wildman–Crippen LogP) is 3.36. The topological polar surface area (TPSA) is 46.3 Å². The van der Waals surface area contributed by atoms with Crippen LogP contribution in [0.1, 0.15) is 45.6 Å². The molecule has 1 aromatic rings. The molecule has 1 heterocycles. The molecule has 0 bridgehead atoms. The van der Waals surface area contributed by atoms with E-state index in [0.29, 0.717) is 18.5 Å². The van der Waals surface area contributed by atoms with Gasteiger partial charge in [0.2, 0.25) is 5.91 Å². The number of carbonyl (C=O) groups excluding carboxylic acids is 1. The van der Waals surface area contributed by atoms with Gasteiger partial charge < -0.3 is 10.6 Å². The largest absolute Gasteiger partial charge is 0.339 e. The number of halogens is 1. The second-order valence-electron chi connectivity index (χ2n) is 6.30. The van der Waals surface area contributed by atoms with E-state index < -0.39 is 0 Å². The van der Waals surface area contributed by atoms with Gasteiger partial charge in [-0.25, -0.2) is 0 Å². The van der Waals surface area contributed by atoms with Gasteiger partial charge in [-0.3, -0.25) is 4.79 Å². The Kier molecular flexibility index (Phi) is 6.89. The van der Waals surface area contributed by atoms with E-state index in [2.05, 4.69) is 37.8 Å². The third kappa shape index (κ3) is 3.31. The van der Waals surface area contributed by atoms with E-state index in [0.717, 1.165) is 31.4 Å². The molecule has 2 unspecified atom stereocenters. The Morgan fingerprint density at radius 2 is 1.86 bits per heavy atom. The lowest BCUT2D eigenvalue weighted by Gasteiger charge is -2.36. The summed E-state index contributed by atoms with van der Waals surface area (Å²) in [6, 6.07) is 10.5. The molecular weight excluding hydrogens is 296 g/mol. The van der Waals surface area contributed by atoms with Crippen molar-refractivity contribution < 1.29 is 4.79 Å². The summed E-state index contributed by atoms with van der Waals surface area (Å²) in [7, 11) is 0. The first kappa shape index (κ1) is 19.0. The van der Waals surface area contributed by atoms with Crippen molar-refractivity contribution in [3.05, 3.63) is 35.9 Å². The van der Waals surface area contributed by atoms with Gasteiger partial charge in [-0.15, -0.1) is 12.4 Å². The SMILES string of the molecule is CCC(CC)(C(=O)N1CC(CN)CC1C)c1ccccc1.Cl. The molecule has 0 saturated carbocycles. The van der Waals surface area contributed by atoms with Gasteiger partial charge in [0.05, 0.1) is 5.41 Å². The summed E-state index contributed by atoms with van der Waals surface area (Å²) in [5.74, 6) is 0.730. The van der Waals surface area contributed by atoms with Crippen molar-refractivity contribution in [1.29, 1.82) is 0 Å². The van der Waals surface area contributed by atoms with Crippen molar-refractivity contribution in [3.63, 3.8) is 0 Å². The molecule has 3 nitrogen and oxygen atoms in total. The van der Waals surface area contributed by atoms with Gasteiger partial charge in [-0.05, 0) is 44.2 Å². The van der Waals surface area contributed by atoms with Crippen LogP contribution in [-0.4, -0.2) is 29.9 Å². The highest BCUT2D eigenvalue weighted by molar-refractivity contribution is 5.88. The summed E-state index contributed by atoms with van der Waals surface area (Å²) in [6.45, 7) is 7.87. The van der Waals surface area contributed by atoms with Crippen LogP contribution >= 0.6 is 12.4 Å². The summed E-state index contributed by atoms with van der Waals surface area (Å²) < 4.78 is 0. The van der Waals surface area contributed by atoms with Crippen molar-refractivity contribution in [2.75, 3.05) is 13.1 Å². The van der Waals surface area contributed by atoms with Crippen LogP contribution < -0.4 is 5.73 Å². The molecule has 22 heavy (non-hydrogen) atoms. The van der Waals surface area contributed by atoms with Crippen LogP contribution in [0.5, 0.6) is 0 Å². The number of hydrogen-bond donors (Lipinski definition) is 1. The predicted molar refractivity (Wildman–Crippen MR) is 94.3 cm³/mol. The zero-order valence-electron chi connectivity index (χ0n) is 13.9. The quantitative estimate of drug-likeness (QED) is 0.902. The van der Waals surface area contributed by atoms with Gasteiger partial charge >= 0.3 is 0 Å². The monoisotopic (exact) mass is 324 g/mol. The number of rotatable bonds is 5. The standard InChI is InChI=1S/C18H28N2O.ClH/c1-4-18(5-2,16-9-7-6-8-10-16)17(21)20-13-15(12-19)11-14(20)3;/h6-10,14-15H,4-5,11-13,19H2,1-3H3;1H. The normalized spacial score (nSPS) is 21.5. The molecule has 2 rings (SSSR count). The molecule has 1 aliphatic rings. The fraction of sp³-hybridized carbons (Fsp3) is 0.611.